The third-order valence-electron chi connectivity index (χ3n) is 2.93. The molecule has 1 amide bonds. The number of pyridine rings is 1. The minimum Gasteiger partial charge on any atom is -0.364 e. The lowest BCUT2D eigenvalue weighted by Gasteiger charge is -2.18. The molecular formula is C15H19N5O. The van der Waals surface area contributed by atoms with Crippen molar-refractivity contribution in [1.82, 2.24) is 15.2 Å². The normalized spacial score (nSPS) is 11.2. The number of nitrogens with one attached hydrogen (secondary N) is 1. The lowest BCUT2D eigenvalue weighted by atomic mass is 9.92. The van der Waals surface area contributed by atoms with E-state index in [4.69, 9.17) is 5.73 Å². The summed E-state index contributed by atoms with van der Waals surface area (Å²) >= 11 is 0. The van der Waals surface area contributed by atoms with Crippen LogP contribution < -0.4 is 11.1 Å². The van der Waals surface area contributed by atoms with Gasteiger partial charge in [-0.15, -0.1) is 5.10 Å². The molecule has 21 heavy (non-hydrogen) atoms. The predicted molar refractivity (Wildman–Crippen MR) is 81.5 cm³/mol. The van der Waals surface area contributed by atoms with Crippen LogP contribution in [-0.2, 0) is 5.41 Å². The zero-order valence-electron chi connectivity index (χ0n) is 12.6. The number of carbonyl (C=O) groups excluding carboxylic acids is 1. The van der Waals surface area contributed by atoms with Crippen molar-refractivity contribution in [3.63, 3.8) is 0 Å². The number of nitrogens with zero attached hydrogens (tertiary/aromatic N) is 3. The smallest absolute Gasteiger partial charge is 0.271 e. The molecule has 0 saturated carbocycles. The summed E-state index contributed by atoms with van der Waals surface area (Å²) in [4.78, 5) is 16.0. The van der Waals surface area contributed by atoms with Crippen molar-refractivity contribution < 1.29 is 4.79 Å². The molecule has 0 radical (unpaired) electrons. The Morgan fingerprint density at radius 1 is 1.24 bits per heavy atom. The number of aryl methyl sites for hydroxylation is 1. The molecule has 0 aliphatic rings. The van der Waals surface area contributed by atoms with Crippen molar-refractivity contribution in [2.24, 2.45) is 5.73 Å². The standard InChI is InChI=1S/C15H19N5O/c1-9-8-10(13(14(16)21)20-19-9)17-12-7-5-6-11(18-12)15(2,3)4/h5-8H,1-4H3,(H2,16,21)(H,17,18,19). The second-order valence-electron chi connectivity index (χ2n) is 5.90. The average molecular weight is 285 g/mol. The van der Waals surface area contributed by atoms with E-state index in [0.717, 1.165) is 5.69 Å². The number of amides is 1. The van der Waals surface area contributed by atoms with Crippen LogP contribution in [0.25, 0.3) is 0 Å². The molecule has 0 spiro atoms. The van der Waals surface area contributed by atoms with E-state index in [2.05, 4.69) is 41.3 Å². The van der Waals surface area contributed by atoms with Gasteiger partial charge in [-0.3, -0.25) is 4.79 Å². The topological polar surface area (TPSA) is 93.8 Å². The molecule has 0 aliphatic carbocycles. The Morgan fingerprint density at radius 3 is 2.57 bits per heavy atom. The van der Waals surface area contributed by atoms with Crippen LogP contribution in [0.3, 0.4) is 0 Å². The maximum Gasteiger partial charge on any atom is 0.271 e. The Hall–Kier alpha value is -2.50. The Balaban J connectivity index is 2.39. The van der Waals surface area contributed by atoms with E-state index in [9.17, 15) is 4.79 Å². The van der Waals surface area contributed by atoms with Crippen LogP contribution >= 0.6 is 0 Å². The van der Waals surface area contributed by atoms with Gasteiger partial charge in [-0.25, -0.2) is 4.98 Å². The zero-order chi connectivity index (χ0) is 15.6. The molecule has 6 heteroatoms. The van der Waals surface area contributed by atoms with Gasteiger partial charge in [0.2, 0.25) is 0 Å². The third kappa shape index (κ3) is 3.53. The van der Waals surface area contributed by atoms with Crippen LogP contribution in [0.1, 0.15) is 42.6 Å². The van der Waals surface area contributed by atoms with Crippen molar-refractivity contribution in [2.45, 2.75) is 33.1 Å². The van der Waals surface area contributed by atoms with Gasteiger partial charge in [-0.2, -0.15) is 5.10 Å². The summed E-state index contributed by atoms with van der Waals surface area (Å²) in [5.41, 5.74) is 7.51. The molecule has 0 bridgehead atoms. The molecule has 0 aromatic carbocycles. The number of rotatable bonds is 3. The highest BCUT2D eigenvalue weighted by atomic mass is 16.1. The molecule has 110 valence electrons. The molecule has 6 nitrogen and oxygen atoms in total. The van der Waals surface area contributed by atoms with Crippen molar-refractivity contribution in [1.29, 1.82) is 0 Å². The first-order valence-electron chi connectivity index (χ1n) is 6.66. The van der Waals surface area contributed by atoms with E-state index >= 15 is 0 Å². The number of aromatic nitrogens is 3. The van der Waals surface area contributed by atoms with Crippen LogP contribution in [0.15, 0.2) is 24.3 Å². The highest BCUT2D eigenvalue weighted by Crippen LogP contribution is 2.23. The molecule has 0 fully saturated rings. The van der Waals surface area contributed by atoms with Crippen LogP contribution in [0.2, 0.25) is 0 Å². The van der Waals surface area contributed by atoms with Crippen LogP contribution in [0.4, 0.5) is 11.5 Å². The molecule has 3 N–H and O–H groups in total. The van der Waals surface area contributed by atoms with Gasteiger partial charge < -0.3 is 11.1 Å². The Morgan fingerprint density at radius 2 is 1.95 bits per heavy atom. The van der Waals surface area contributed by atoms with Gasteiger partial charge in [0.15, 0.2) is 5.69 Å². The summed E-state index contributed by atoms with van der Waals surface area (Å²) in [5, 5.41) is 10.8. The number of anilines is 2. The Bertz CT molecular complexity index is 676. The number of nitrogens with two attached hydrogens (primary N) is 1. The summed E-state index contributed by atoms with van der Waals surface area (Å²) in [7, 11) is 0. The summed E-state index contributed by atoms with van der Waals surface area (Å²) in [5.74, 6) is 0.00861. The molecule has 0 unspecified atom stereocenters. The van der Waals surface area contributed by atoms with E-state index in [1.807, 2.05) is 18.2 Å². The van der Waals surface area contributed by atoms with Crippen molar-refractivity contribution in [2.75, 3.05) is 5.32 Å². The molecule has 2 heterocycles. The monoisotopic (exact) mass is 285 g/mol. The molecule has 0 atom stereocenters. The minimum atomic E-state index is -0.628. The van der Waals surface area contributed by atoms with Crippen LogP contribution in [-0.4, -0.2) is 21.1 Å². The zero-order valence-corrected chi connectivity index (χ0v) is 12.6. The minimum absolute atomic E-state index is 0.0589. The van der Waals surface area contributed by atoms with E-state index in [1.54, 1.807) is 13.0 Å². The fourth-order valence-electron chi connectivity index (χ4n) is 1.83. The maximum atomic E-state index is 11.4. The van der Waals surface area contributed by atoms with Gasteiger partial charge in [0.1, 0.15) is 5.82 Å². The van der Waals surface area contributed by atoms with Crippen molar-refractivity contribution in [3.8, 4) is 0 Å². The lowest BCUT2D eigenvalue weighted by molar-refractivity contribution is 0.0995. The fraction of sp³-hybridized carbons (Fsp3) is 0.333. The SMILES string of the molecule is Cc1cc(Nc2cccc(C(C)(C)C)n2)c(C(N)=O)nn1. The van der Waals surface area contributed by atoms with Crippen LogP contribution in [0.5, 0.6) is 0 Å². The van der Waals surface area contributed by atoms with Gasteiger partial charge in [-0.05, 0) is 25.1 Å². The van der Waals surface area contributed by atoms with Gasteiger partial charge in [0, 0.05) is 11.1 Å². The first-order valence-corrected chi connectivity index (χ1v) is 6.66. The number of hydrogen-bond acceptors (Lipinski definition) is 5. The second-order valence-corrected chi connectivity index (χ2v) is 5.90. The van der Waals surface area contributed by atoms with E-state index in [-0.39, 0.29) is 11.1 Å². The summed E-state index contributed by atoms with van der Waals surface area (Å²) in [6, 6.07) is 7.44. The maximum absolute atomic E-state index is 11.4. The predicted octanol–water partition coefficient (Wildman–Crippen LogP) is 2.32. The quantitative estimate of drug-likeness (QED) is 0.902. The van der Waals surface area contributed by atoms with Crippen molar-refractivity contribution in [3.05, 3.63) is 41.3 Å². The number of hydrogen-bond donors (Lipinski definition) is 2. The molecule has 2 rings (SSSR count). The first-order chi connectivity index (χ1) is 9.77. The average Bonchev–Trinajstić information content (AvgIpc) is 2.37. The molecule has 0 saturated heterocycles. The largest absolute Gasteiger partial charge is 0.364 e. The molecule has 0 aliphatic heterocycles. The lowest BCUT2D eigenvalue weighted by Crippen LogP contribution is -2.17. The van der Waals surface area contributed by atoms with E-state index in [1.165, 1.54) is 0 Å². The third-order valence-corrected chi connectivity index (χ3v) is 2.93. The van der Waals surface area contributed by atoms with E-state index in [0.29, 0.717) is 17.2 Å². The summed E-state index contributed by atoms with van der Waals surface area (Å²) < 4.78 is 0. The number of carbonyl (C=O) groups is 1. The van der Waals surface area contributed by atoms with Gasteiger partial charge in [-0.1, -0.05) is 26.8 Å². The van der Waals surface area contributed by atoms with Gasteiger partial charge >= 0.3 is 0 Å². The Kier molecular flexibility index (Phi) is 3.88. The van der Waals surface area contributed by atoms with Gasteiger partial charge in [0.05, 0.1) is 11.4 Å². The number of primary amides is 1. The molecule has 2 aromatic heterocycles. The Labute approximate surface area is 123 Å². The highest BCUT2D eigenvalue weighted by Gasteiger charge is 2.16. The highest BCUT2D eigenvalue weighted by molar-refractivity contribution is 5.96. The van der Waals surface area contributed by atoms with E-state index < -0.39 is 5.91 Å². The second kappa shape index (κ2) is 5.47. The summed E-state index contributed by atoms with van der Waals surface area (Å²) in [6.45, 7) is 8.06. The van der Waals surface area contributed by atoms with Gasteiger partial charge in [0.25, 0.3) is 5.91 Å². The first kappa shape index (κ1) is 14.9. The van der Waals surface area contributed by atoms with Crippen molar-refractivity contribution >= 4 is 17.4 Å². The molecular weight excluding hydrogens is 266 g/mol. The van der Waals surface area contributed by atoms with Crippen LogP contribution in [0, 0.1) is 6.92 Å². The summed E-state index contributed by atoms with van der Waals surface area (Å²) in [6.07, 6.45) is 0. The molecule has 2 aromatic rings. The fourth-order valence-corrected chi connectivity index (χ4v) is 1.83.